The molecule has 1 N–H and O–H groups in total. The normalized spacial score (nSPS) is 17.1. The SMILES string of the molecule is Cc1nn(-c2ccc(Cl)c(Cl)c2)c(C)c1CC(=O)N1CCNCC1C.Cl. The molecule has 142 valence electrons. The van der Waals surface area contributed by atoms with Crippen molar-refractivity contribution >= 4 is 41.5 Å². The van der Waals surface area contributed by atoms with E-state index >= 15 is 0 Å². The highest BCUT2D eigenvalue weighted by molar-refractivity contribution is 6.42. The van der Waals surface area contributed by atoms with Gasteiger partial charge in [-0.1, -0.05) is 23.2 Å². The third-order valence-electron chi connectivity index (χ3n) is 4.74. The van der Waals surface area contributed by atoms with E-state index in [1.54, 1.807) is 12.1 Å². The second-order valence-electron chi connectivity index (χ2n) is 6.48. The minimum absolute atomic E-state index is 0. The Hall–Kier alpha value is -1.27. The molecular weight excluding hydrogens is 395 g/mol. The summed E-state index contributed by atoms with van der Waals surface area (Å²) in [6, 6.07) is 5.63. The van der Waals surface area contributed by atoms with Gasteiger partial charge >= 0.3 is 0 Å². The Morgan fingerprint density at radius 2 is 2.04 bits per heavy atom. The zero-order valence-corrected chi connectivity index (χ0v) is 17.4. The van der Waals surface area contributed by atoms with Crippen molar-refractivity contribution < 1.29 is 4.79 Å². The lowest BCUT2D eigenvalue weighted by Gasteiger charge is -2.34. The number of nitrogens with one attached hydrogen (secondary N) is 1. The average molecular weight is 418 g/mol. The van der Waals surface area contributed by atoms with Gasteiger partial charge in [-0.2, -0.15) is 5.10 Å². The van der Waals surface area contributed by atoms with Crippen molar-refractivity contribution in [1.29, 1.82) is 0 Å². The first-order valence-electron chi connectivity index (χ1n) is 8.39. The predicted molar refractivity (Wildman–Crippen MR) is 108 cm³/mol. The summed E-state index contributed by atoms with van der Waals surface area (Å²) in [5, 5.41) is 8.90. The third-order valence-corrected chi connectivity index (χ3v) is 5.48. The van der Waals surface area contributed by atoms with Gasteiger partial charge in [-0.15, -0.1) is 12.4 Å². The van der Waals surface area contributed by atoms with Crippen molar-refractivity contribution in [3.63, 3.8) is 0 Å². The lowest BCUT2D eigenvalue weighted by molar-refractivity contribution is -0.133. The van der Waals surface area contributed by atoms with Gasteiger partial charge in [0.1, 0.15) is 0 Å². The Balaban J connectivity index is 0.00000243. The van der Waals surface area contributed by atoms with Crippen molar-refractivity contribution in [1.82, 2.24) is 20.0 Å². The molecule has 2 aromatic rings. The topological polar surface area (TPSA) is 50.2 Å². The summed E-state index contributed by atoms with van der Waals surface area (Å²) in [4.78, 5) is 14.7. The lowest BCUT2D eigenvalue weighted by atomic mass is 10.1. The quantitative estimate of drug-likeness (QED) is 0.830. The molecule has 1 amide bonds. The van der Waals surface area contributed by atoms with Crippen LogP contribution < -0.4 is 5.32 Å². The van der Waals surface area contributed by atoms with E-state index < -0.39 is 0 Å². The number of hydrogen-bond acceptors (Lipinski definition) is 3. The Kier molecular flexibility index (Phi) is 6.97. The predicted octanol–water partition coefficient (Wildman–Crippen LogP) is 3.58. The van der Waals surface area contributed by atoms with Crippen LogP contribution in [0.25, 0.3) is 5.69 Å². The second-order valence-corrected chi connectivity index (χ2v) is 7.29. The van der Waals surface area contributed by atoms with Gasteiger partial charge in [0, 0.05) is 36.9 Å². The highest BCUT2D eigenvalue weighted by Gasteiger charge is 2.25. The summed E-state index contributed by atoms with van der Waals surface area (Å²) in [7, 11) is 0. The highest BCUT2D eigenvalue weighted by Crippen LogP contribution is 2.26. The van der Waals surface area contributed by atoms with Crippen LogP contribution in [0.1, 0.15) is 23.9 Å². The van der Waals surface area contributed by atoms with E-state index in [-0.39, 0.29) is 24.4 Å². The van der Waals surface area contributed by atoms with Crippen LogP contribution in [0.3, 0.4) is 0 Å². The maximum atomic E-state index is 12.7. The Labute approximate surface area is 170 Å². The van der Waals surface area contributed by atoms with Gasteiger partial charge in [-0.25, -0.2) is 4.68 Å². The van der Waals surface area contributed by atoms with Crippen LogP contribution in [-0.4, -0.2) is 46.3 Å². The zero-order chi connectivity index (χ0) is 18.1. The van der Waals surface area contributed by atoms with E-state index in [9.17, 15) is 4.79 Å². The van der Waals surface area contributed by atoms with Crippen molar-refractivity contribution in [2.45, 2.75) is 33.2 Å². The zero-order valence-electron chi connectivity index (χ0n) is 15.1. The molecule has 3 rings (SSSR count). The van der Waals surface area contributed by atoms with Crippen molar-refractivity contribution in [2.24, 2.45) is 0 Å². The number of aromatic nitrogens is 2. The molecule has 1 aromatic heterocycles. The summed E-state index contributed by atoms with van der Waals surface area (Å²) < 4.78 is 1.82. The maximum Gasteiger partial charge on any atom is 0.227 e. The Bertz CT molecular complexity index is 806. The molecule has 5 nitrogen and oxygen atoms in total. The fourth-order valence-corrected chi connectivity index (χ4v) is 3.56. The van der Waals surface area contributed by atoms with Crippen LogP contribution in [0.5, 0.6) is 0 Å². The number of carbonyl (C=O) groups is 1. The molecule has 0 spiro atoms. The van der Waals surface area contributed by atoms with E-state index in [1.165, 1.54) is 0 Å². The largest absolute Gasteiger partial charge is 0.337 e. The van der Waals surface area contributed by atoms with E-state index in [0.717, 1.165) is 42.3 Å². The molecule has 1 unspecified atom stereocenters. The van der Waals surface area contributed by atoms with Crippen LogP contribution in [0.2, 0.25) is 10.0 Å². The number of hydrogen-bond donors (Lipinski definition) is 1. The number of amides is 1. The number of benzene rings is 1. The Morgan fingerprint density at radius 3 is 2.69 bits per heavy atom. The molecule has 1 fully saturated rings. The minimum Gasteiger partial charge on any atom is -0.337 e. The summed E-state index contributed by atoms with van der Waals surface area (Å²) in [6.45, 7) is 8.42. The number of piperazine rings is 1. The first-order chi connectivity index (χ1) is 11.9. The van der Waals surface area contributed by atoms with Gasteiger partial charge in [-0.05, 0) is 39.0 Å². The molecule has 1 aromatic carbocycles. The molecule has 0 radical (unpaired) electrons. The standard InChI is InChI=1S/C18H22Cl2N4O.ClH/c1-11-10-21-6-7-23(11)18(25)9-15-12(2)22-24(13(15)3)14-4-5-16(19)17(20)8-14;/h4-5,8,11,21H,6-7,9-10H2,1-3H3;1H. The fourth-order valence-electron chi connectivity index (χ4n) is 3.26. The smallest absolute Gasteiger partial charge is 0.227 e. The van der Waals surface area contributed by atoms with E-state index in [4.69, 9.17) is 23.2 Å². The number of aryl methyl sites for hydroxylation is 1. The first-order valence-corrected chi connectivity index (χ1v) is 9.14. The van der Waals surface area contributed by atoms with Crippen molar-refractivity contribution in [2.75, 3.05) is 19.6 Å². The van der Waals surface area contributed by atoms with Crippen LogP contribution in [0.4, 0.5) is 0 Å². The van der Waals surface area contributed by atoms with Crippen molar-refractivity contribution in [3.05, 3.63) is 45.2 Å². The number of halogens is 3. The number of nitrogens with zero attached hydrogens (tertiary/aromatic N) is 3. The molecular formula is C18H23Cl3N4O. The molecule has 0 bridgehead atoms. The fraction of sp³-hybridized carbons (Fsp3) is 0.444. The van der Waals surface area contributed by atoms with Crippen LogP contribution in [0.15, 0.2) is 18.2 Å². The first kappa shape index (κ1) is 21.0. The van der Waals surface area contributed by atoms with E-state index in [0.29, 0.717) is 16.5 Å². The number of carbonyl (C=O) groups excluding carboxylic acids is 1. The van der Waals surface area contributed by atoms with Crippen LogP contribution in [0, 0.1) is 13.8 Å². The van der Waals surface area contributed by atoms with E-state index in [2.05, 4.69) is 17.3 Å². The summed E-state index contributed by atoms with van der Waals surface area (Å²) >= 11 is 12.1. The number of rotatable bonds is 3. The maximum absolute atomic E-state index is 12.7. The summed E-state index contributed by atoms with van der Waals surface area (Å²) in [6.07, 6.45) is 0.364. The molecule has 26 heavy (non-hydrogen) atoms. The summed E-state index contributed by atoms with van der Waals surface area (Å²) in [5.74, 6) is 0.147. The van der Waals surface area contributed by atoms with Crippen molar-refractivity contribution in [3.8, 4) is 5.69 Å². The molecule has 1 atom stereocenters. The molecule has 8 heteroatoms. The molecule has 0 aliphatic carbocycles. The average Bonchev–Trinajstić information content (AvgIpc) is 2.86. The van der Waals surface area contributed by atoms with Crippen LogP contribution >= 0.6 is 35.6 Å². The molecule has 2 heterocycles. The van der Waals surface area contributed by atoms with Gasteiger partial charge in [0.2, 0.25) is 5.91 Å². The van der Waals surface area contributed by atoms with Gasteiger partial charge in [0.25, 0.3) is 0 Å². The molecule has 1 aliphatic rings. The van der Waals surface area contributed by atoms with Crippen LogP contribution in [-0.2, 0) is 11.2 Å². The lowest BCUT2D eigenvalue weighted by Crippen LogP contribution is -2.52. The highest BCUT2D eigenvalue weighted by atomic mass is 35.5. The molecule has 1 aliphatic heterocycles. The van der Waals surface area contributed by atoms with Gasteiger partial charge < -0.3 is 10.2 Å². The Morgan fingerprint density at radius 1 is 1.31 bits per heavy atom. The summed E-state index contributed by atoms with van der Waals surface area (Å²) in [5.41, 5.74) is 3.62. The monoisotopic (exact) mass is 416 g/mol. The van der Waals surface area contributed by atoms with Gasteiger partial charge in [-0.3, -0.25) is 4.79 Å². The molecule has 0 saturated carbocycles. The third kappa shape index (κ3) is 4.17. The minimum atomic E-state index is 0. The van der Waals surface area contributed by atoms with E-state index in [1.807, 2.05) is 29.5 Å². The van der Waals surface area contributed by atoms with Gasteiger partial charge in [0.05, 0.1) is 27.8 Å². The van der Waals surface area contributed by atoms with Gasteiger partial charge in [0.15, 0.2) is 0 Å². The second kappa shape index (κ2) is 8.61. The molecule has 1 saturated heterocycles.